The Hall–Kier alpha value is -3.96. The molecule has 1 aliphatic heterocycles. The van der Waals surface area contributed by atoms with E-state index >= 15 is 0 Å². The molecule has 2 atom stereocenters. The van der Waals surface area contributed by atoms with Gasteiger partial charge in [0, 0.05) is 25.4 Å². The fraction of sp³-hybridized carbons (Fsp3) is 0.303. The van der Waals surface area contributed by atoms with Gasteiger partial charge in [-0.25, -0.2) is 13.2 Å². The van der Waals surface area contributed by atoms with Gasteiger partial charge in [-0.2, -0.15) is 4.31 Å². The van der Waals surface area contributed by atoms with E-state index in [1.165, 1.54) is 47.6 Å². The Morgan fingerprint density at radius 2 is 1.84 bits per heavy atom. The smallest absolute Gasteiger partial charge is 0.373 e. The molecule has 0 fully saturated rings. The van der Waals surface area contributed by atoms with Crippen LogP contribution in [0.2, 0.25) is 0 Å². The molecule has 1 unspecified atom stereocenters. The summed E-state index contributed by atoms with van der Waals surface area (Å²) in [6.07, 6.45) is 3.65. The first-order chi connectivity index (χ1) is 20.8. The van der Waals surface area contributed by atoms with Crippen molar-refractivity contribution >= 4 is 16.0 Å². The molecule has 1 heterocycles. The first-order valence-electron chi connectivity index (χ1n) is 14.1. The minimum Gasteiger partial charge on any atom is -0.497 e. The number of rotatable bonds is 13. The van der Waals surface area contributed by atoms with Crippen molar-refractivity contribution in [3.8, 4) is 16.9 Å². The average molecular weight is 606 g/mol. The van der Waals surface area contributed by atoms with Gasteiger partial charge in [0.2, 0.25) is 22.1 Å². The summed E-state index contributed by atoms with van der Waals surface area (Å²) >= 11 is 0. The van der Waals surface area contributed by atoms with Crippen molar-refractivity contribution in [1.29, 1.82) is 0 Å². The Kier molecular flexibility index (Phi) is 9.62. The lowest BCUT2D eigenvalue weighted by molar-refractivity contribution is -0.160. The molecule has 5 rings (SSSR count). The highest BCUT2D eigenvalue weighted by Gasteiger charge is 2.31. The number of hydrogen-bond donors (Lipinski definition) is 1. The molecule has 0 bridgehead atoms. The van der Waals surface area contributed by atoms with Gasteiger partial charge in [-0.1, -0.05) is 55.1 Å². The summed E-state index contributed by atoms with van der Waals surface area (Å²) in [5.41, 5.74) is 5.95. The molecule has 226 valence electrons. The number of aliphatic hydroxyl groups excluding tert-OH is 1. The van der Waals surface area contributed by atoms with Gasteiger partial charge >= 0.3 is 5.97 Å². The third-order valence-electron chi connectivity index (χ3n) is 7.53. The van der Waals surface area contributed by atoms with Crippen LogP contribution in [0.5, 0.6) is 5.75 Å². The molecule has 3 aromatic carbocycles. The van der Waals surface area contributed by atoms with Crippen LogP contribution in [0, 0.1) is 0 Å². The number of benzene rings is 3. The minimum absolute atomic E-state index is 0.0265. The lowest BCUT2D eigenvalue weighted by Crippen LogP contribution is -2.37. The van der Waals surface area contributed by atoms with Crippen LogP contribution < -0.4 is 4.74 Å². The SMILES string of the molecule is C=CCOC(=O)C1=C[C@H](c2ccc3c(c2)Cc2ccccc2-3)CC(OCCN(CCO)S(=O)(=O)c2ccc(OC)cc2)O1. The van der Waals surface area contributed by atoms with Crippen molar-refractivity contribution < 1.29 is 37.3 Å². The fourth-order valence-corrected chi connectivity index (χ4v) is 6.80. The van der Waals surface area contributed by atoms with Crippen LogP contribution in [0.15, 0.2) is 96.1 Å². The second-order valence-corrected chi connectivity index (χ2v) is 12.2. The molecular weight excluding hydrogens is 570 g/mol. The summed E-state index contributed by atoms with van der Waals surface area (Å²) in [6, 6.07) is 20.7. The van der Waals surface area contributed by atoms with Crippen LogP contribution in [0.1, 0.15) is 29.0 Å². The molecule has 0 saturated carbocycles. The minimum atomic E-state index is -3.91. The van der Waals surface area contributed by atoms with Crippen LogP contribution in [0.4, 0.5) is 0 Å². The molecule has 0 aromatic heterocycles. The van der Waals surface area contributed by atoms with E-state index in [4.69, 9.17) is 18.9 Å². The van der Waals surface area contributed by atoms with Gasteiger partial charge < -0.3 is 24.1 Å². The lowest BCUT2D eigenvalue weighted by Gasteiger charge is -2.30. The lowest BCUT2D eigenvalue weighted by atomic mass is 9.90. The van der Waals surface area contributed by atoms with Crippen LogP contribution in [-0.2, 0) is 35.4 Å². The topological polar surface area (TPSA) is 112 Å². The molecule has 2 aliphatic rings. The largest absolute Gasteiger partial charge is 0.497 e. The van der Waals surface area contributed by atoms with Crippen molar-refractivity contribution in [2.45, 2.75) is 29.9 Å². The van der Waals surface area contributed by atoms with Crippen LogP contribution in [0.3, 0.4) is 0 Å². The highest BCUT2D eigenvalue weighted by Crippen LogP contribution is 2.40. The maximum Gasteiger partial charge on any atom is 0.373 e. The van der Waals surface area contributed by atoms with Gasteiger partial charge in [-0.3, -0.25) is 0 Å². The first kappa shape index (κ1) is 30.5. The zero-order chi connectivity index (χ0) is 30.4. The molecule has 3 aromatic rings. The van der Waals surface area contributed by atoms with Crippen molar-refractivity contribution in [3.05, 3.63) is 108 Å². The zero-order valence-electron chi connectivity index (χ0n) is 24.0. The Bertz CT molecular complexity index is 1600. The zero-order valence-corrected chi connectivity index (χ0v) is 24.8. The Morgan fingerprint density at radius 3 is 2.58 bits per heavy atom. The van der Waals surface area contributed by atoms with Crippen molar-refractivity contribution in [2.24, 2.45) is 0 Å². The predicted octanol–water partition coefficient (Wildman–Crippen LogP) is 4.41. The van der Waals surface area contributed by atoms with Gasteiger partial charge in [0.05, 0.1) is 25.2 Å². The van der Waals surface area contributed by atoms with Gasteiger partial charge in [0.1, 0.15) is 12.4 Å². The normalized spacial score (nSPS) is 17.4. The molecule has 0 saturated heterocycles. The highest BCUT2D eigenvalue weighted by atomic mass is 32.2. The fourth-order valence-electron chi connectivity index (χ4n) is 5.39. The number of aliphatic hydroxyl groups is 1. The quantitative estimate of drug-likeness (QED) is 0.176. The molecule has 9 nitrogen and oxygen atoms in total. The highest BCUT2D eigenvalue weighted by molar-refractivity contribution is 7.89. The number of ether oxygens (including phenoxy) is 4. The summed E-state index contributed by atoms with van der Waals surface area (Å²) in [5.74, 6) is -0.264. The average Bonchev–Trinajstić information content (AvgIpc) is 3.41. The number of hydrogen-bond acceptors (Lipinski definition) is 8. The summed E-state index contributed by atoms with van der Waals surface area (Å²) in [6.45, 7) is 3.10. The number of fused-ring (bicyclic) bond motifs is 3. The number of allylic oxidation sites excluding steroid dienone is 1. The summed E-state index contributed by atoms with van der Waals surface area (Å²) in [5, 5.41) is 9.57. The maximum atomic E-state index is 13.3. The van der Waals surface area contributed by atoms with Crippen molar-refractivity contribution in [3.63, 3.8) is 0 Å². The number of nitrogens with zero attached hydrogens (tertiary/aromatic N) is 1. The second-order valence-electron chi connectivity index (χ2n) is 10.2. The molecule has 0 radical (unpaired) electrons. The number of carbonyl (C=O) groups excluding carboxylic acids is 1. The van der Waals surface area contributed by atoms with E-state index in [0.717, 1.165) is 16.3 Å². The van der Waals surface area contributed by atoms with Gasteiger partial charge in [-0.15, -0.1) is 0 Å². The molecule has 43 heavy (non-hydrogen) atoms. The molecule has 0 amide bonds. The Balaban J connectivity index is 1.31. The summed E-state index contributed by atoms with van der Waals surface area (Å²) < 4.78 is 49.9. The van der Waals surface area contributed by atoms with Gasteiger partial charge in [-0.05, 0) is 64.6 Å². The summed E-state index contributed by atoms with van der Waals surface area (Å²) in [4.78, 5) is 12.8. The number of carbonyl (C=O) groups is 1. The number of sulfonamides is 1. The van der Waals surface area contributed by atoms with Crippen LogP contribution >= 0.6 is 0 Å². The molecule has 0 spiro atoms. The van der Waals surface area contributed by atoms with E-state index < -0.39 is 22.3 Å². The predicted molar refractivity (Wildman–Crippen MR) is 161 cm³/mol. The van der Waals surface area contributed by atoms with Crippen molar-refractivity contribution in [1.82, 2.24) is 4.31 Å². The molecular formula is C33H35NO8S. The third kappa shape index (κ3) is 6.83. The number of esters is 1. The van der Waals surface area contributed by atoms with Gasteiger partial charge in [0.15, 0.2) is 0 Å². The number of methoxy groups -OCH3 is 1. The molecule has 1 N–H and O–H groups in total. The van der Waals surface area contributed by atoms with Crippen LogP contribution in [-0.4, -0.2) is 70.1 Å². The second kappa shape index (κ2) is 13.6. The van der Waals surface area contributed by atoms with E-state index in [2.05, 4.69) is 36.9 Å². The molecule has 10 heteroatoms. The first-order valence-corrected chi connectivity index (χ1v) is 15.5. The maximum absolute atomic E-state index is 13.3. The summed E-state index contributed by atoms with van der Waals surface area (Å²) in [7, 11) is -2.41. The van der Waals surface area contributed by atoms with Gasteiger partial charge in [0.25, 0.3) is 0 Å². The molecule has 1 aliphatic carbocycles. The van der Waals surface area contributed by atoms with E-state index in [-0.39, 0.29) is 49.5 Å². The standard InChI is InChI=1S/C33H35NO8S/c1-3-17-41-33(36)31-21-25(23-8-13-30-26(19-23)20-24-6-4-5-7-29(24)30)22-32(42-31)40-18-15-34(14-16-35)43(37,38)28-11-9-27(39-2)10-12-28/h3-13,19,21,25,32,35H,1,14-18,20,22H2,2H3/t25-,32?/m0/s1. The van der Waals surface area contributed by atoms with E-state index in [9.17, 15) is 18.3 Å². The van der Waals surface area contributed by atoms with E-state index in [1.807, 2.05) is 12.1 Å². The van der Waals surface area contributed by atoms with Crippen LogP contribution in [0.25, 0.3) is 11.1 Å². The van der Waals surface area contributed by atoms with E-state index in [1.54, 1.807) is 18.2 Å². The Labute approximate surface area is 252 Å². The monoisotopic (exact) mass is 605 g/mol. The third-order valence-corrected chi connectivity index (χ3v) is 9.44. The van der Waals surface area contributed by atoms with E-state index in [0.29, 0.717) is 12.2 Å². The Morgan fingerprint density at radius 1 is 1.07 bits per heavy atom. The van der Waals surface area contributed by atoms with Crippen molar-refractivity contribution in [2.75, 3.05) is 40.0 Å².